The van der Waals surface area contributed by atoms with Crippen molar-refractivity contribution in [1.29, 1.82) is 0 Å². The Morgan fingerprint density at radius 3 is 2.82 bits per heavy atom. The van der Waals surface area contributed by atoms with Crippen molar-refractivity contribution < 1.29 is 4.74 Å². The third kappa shape index (κ3) is 2.32. The van der Waals surface area contributed by atoms with Crippen LogP contribution in [0, 0.1) is 0 Å². The van der Waals surface area contributed by atoms with Crippen molar-refractivity contribution in [2.75, 3.05) is 38.1 Å². The monoisotopic (exact) mass is 315 g/mol. The van der Waals surface area contributed by atoms with E-state index in [2.05, 4.69) is 16.8 Å². The minimum atomic E-state index is 0.572. The van der Waals surface area contributed by atoms with E-state index >= 15 is 0 Å². The predicted molar refractivity (Wildman–Crippen MR) is 90.3 cm³/mol. The van der Waals surface area contributed by atoms with Crippen LogP contribution in [0.3, 0.4) is 0 Å². The number of rotatable bonds is 1. The van der Waals surface area contributed by atoms with Crippen molar-refractivity contribution in [2.45, 2.75) is 6.61 Å². The number of nitrogens with zero attached hydrogens (tertiary/aromatic N) is 3. The number of pyridine rings is 1. The van der Waals surface area contributed by atoms with Crippen LogP contribution >= 0.6 is 11.6 Å². The number of aromatic nitrogens is 1. The van der Waals surface area contributed by atoms with Gasteiger partial charge in [0.15, 0.2) is 0 Å². The smallest absolute Gasteiger partial charge is 0.136 e. The highest BCUT2D eigenvalue weighted by Crippen LogP contribution is 2.34. The minimum absolute atomic E-state index is 0.572. The van der Waals surface area contributed by atoms with Gasteiger partial charge in [0.05, 0.1) is 11.8 Å². The number of halogens is 1. The average molecular weight is 316 g/mol. The molecule has 4 nitrogen and oxygen atoms in total. The van der Waals surface area contributed by atoms with E-state index in [1.807, 2.05) is 24.3 Å². The highest BCUT2D eigenvalue weighted by atomic mass is 35.5. The first-order valence-electron chi connectivity index (χ1n) is 7.56. The average Bonchev–Trinajstić information content (AvgIpc) is 2.55. The van der Waals surface area contributed by atoms with E-state index in [4.69, 9.17) is 21.3 Å². The molecule has 5 heteroatoms. The van der Waals surface area contributed by atoms with E-state index in [0.29, 0.717) is 6.61 Å². The summed E-state index contributed by atoms with van der Waals surface area (Å²) in [6, 6.07) is 5.90. The quantitative estimate of drug-likeness (QED) is 0.808. The number of piperazine rings is 1. The molecule has 1 aromatic heterocycles. The van der Waals surface area contributed by atoms with Gasteiger partial charge in [-0.25, -0.2) is 4.98 Å². The van der Waals surface area contributed by atoms with E-state index in [-0.39, 0.29) is 0 Å². The summed E-state index contributed by atoms with van der Waals surface area (Å²) in [5, 5.41) is 1.84. The lowest BCUT2D eigenvalue weighted by atomic mass is 10.0. The van der Waals surface area contributed by atoms with E-state index in [1.54, 1.807) is 6.26 Å². The molecule has 22 heavy (non-hydrogen) atoms. The van der Waals surface area contributed by atoms with Crippen molar-refractivity contribution in [3.63, 3.8) is 0 Å². The van der Waals surface area contributed by atoms with Gasteiger partial charge in [-0.3, -0.25) is 0 Å². The molecule has 0 aliphatic carbocycles. The number of benzene rings is 1. The normalized spacial score (nSPS) is 18.4. The Morgan fingerprint density at radius 2 is 2.00 bits per heavy atom. The summed E-state index contributed by atoms with van der Waals surface area (Å²) in [4.78, 5) is 9.63. The molecule has 0 bridgehead atoms. The van der Waals surface area contributed by atoms with Crippen LogP contribution in [-0.4, -0.2) is 43.1 Å². The summed E-state index contributed by atoms with van der Waals surface area (Å²) in [5.41, 5.74) is 3.35. The molecule has 1 fully saturated rings. The zero-order chi connectivity index (χ0) is 15.1. The van der Waals surface area contributed by atoms with E-state index in [9.17, 15) is 0 Å². The molecule has 114 valence electrons. The zero-order valence-corrected chi connectivity index (χ0v) is 13.3. The van der Waals surface area contributed by atoms with Crippen molar-refractivity contribution >= 4 is 34.4 Å². The second kappa shape index (κ2) is 5.45. The second-order valence-corrected chi connectivity index (χ2v) is 6.33. The fraction of sp³-hybridized carbons (Fsp3) is 0.353. The molecule has 1 aromatic carbocycles. The molecule has 3 heterocycles. The third-order valence-corrected chi connectivity index (χ3v) is 4.67. The van der Waals surface area contributed by atoms with Gasteiger partial charge in [0.25, 0.3) is 0 Å². The molecule has 0 saturated carbocycles. The molecule has 0 N–H and O–H groups in total. The van der Waals surface area contributed by atoms with Crippen LogP contribution in [0.5, 0.6) is 0 Å². The highest BCUT2D eigenvalue weighted by Gasteiger charge is 2.23. The van der Waals surface area contributed by atoms with Gasteiger partial charge >= 0.3 is 0 Å². The molecular weight excluding hydrogens is 298 g/mol. The molecular formula is C17H18ClN3O. The van der Waals surface area contributed by atoms with Gasteiger partial charge < -0.3 is 14.5 Å². The molecule has 0 amide bonds. The number of fused-ring (bicyclic) bond motifs is 3. The maximum Gasteiger partial charge on any atom is 0.136 e. The number of hydrogen-bond acceptors (Lipinski definition) is 4. The van der Waals surface area contributed by atoms with Gasteiger partial charge in [-0.2, -0.15) is 0 Å². The summed E-state index contributed by atoms with van der Waals surface area (Å²) >= 11 is 6.17. The number of anilines is 1. The first-order chi connectivity index (χ1) is 10.7. The standard InChI is InChI=1S/C17H18ClN3O/c1-20-5-7-21(8-6-20)17-15-11-22-9-4-13(15)14-10-12(18)2-3-16(14)19-17/h2-4,9-10H,5-8,11H2,1H3. The molecule has 4 rings (SSSR count). The molecule has 2 aliphatic heterocycles. The van der Waals surface area contributed by atoms with Crippen LogP contribution in [0.25, 0.3) is 17.0 Å². The number of likely N-dealkylation sites (N-methyl/N-ethyl adjacent to an activating group) is 1. The molecule has 2 aliphatic rings. The van der Waals surface area contributed by atoms with E-state index < -0.39 is 0 Å². The van der Waals surface area contributed by atoms with Crippen LogP contribution in [0.1, 0.15) is 11.1 Å². The van der Waals surface area contributed by atoms with Gasteiger partial charge in [0, 0.05) is 42.2 Å². The SMILES string of the molecule is CN1CCN(c2nc3ccc(Cl)cc3c3c2COC=C3)CC1. The molecule has 0 atom stereocenters. The van der Waals surface area contributed by atoms with Crippen molar-refractivity contribution in [3.8, 4) is 0 Å². The van der Waals surface area contributed by atoms with Gasteiger partial charge in [0.2, 0.25) is 0 Å². The Kier molecular flexibility index (Phi) is 3.43. The maximum absolute atomic E-state index is 6.17. The number of ether oxygens (including phenoxy) is 1. The van der Waals surface area contributed by atoms with E-state index in [1.165, 1.54) is 11.1 Å². The maximum atomic E-state index is 6.17. The third-order valence-electron chi connectivity index (χ3n) is 4.43. The zero-order valence-electron chi connectivity index (χ0n) is 12.6. The Morgan fingerprint density at radius 1 is 1.18 bits per heavy atom. The summed E-state index contributed by atoms with van der Waals surface area (Å²) in [7, 11) is 2.16. The van der Waals surface area contributed by atoms with Crippen LogP contribution in [-0.2, 0) is 11.3 Å². The lowest BCUT2D eigenvalue weighted by Crippen LogP contribution is -2.45. The van der Waals surface area contributed by atoms with Crippen molar-refractivity contribution in [2.24, 2.45) is 0 Å². The summed E-state index contributed by atoms with van der Waals surface area (Å²) in [6.07, 6.45) is 3.79. The van der Waals surface area contributed by atoms with Crippen LogP contribution in [0.15, 0.2) is 24.5 Å². The van der Waals surface area contributed by atoms with Gasteiger partial charge in [-0.1, -0.05) is 11.6 Å². The summed E-state index contributed by atoms with van der Waals surface area (Å²) in [5.74, 6) is 1.06. The molecule has 0 unspecified atom stereocenters. The van der Waals surface area contributed by atoms with Gasteiger partial charge in [-0.15, -0.1) is 0 Å². The topological polar surface area (TPSA) is 28.6 Å². The summed E-state index contributed by atoms with van der Waals surface area (Å²) in [6.45, 7) is 4.69. The first kappa shape index (κ1) is 13.9. The Hall–Kier alpha value is -1.78. The van der Waals surface area contributed by atoms with Gasteiger partial charge in [-0.05, 0) is 36.9 Å². The molecule has 0 spiro atoms. The Balaban J connectivity index is 1.88. The van der Waals surface area contributed by atoms with Crippen LogP contribution in [0.2, 0.25) is 5.02 Å². The fourth-order valence-electron chi connectivity index (χ4n) is 3.15. The molecule has 2 aromatic rings. The largest absolute Gasteiger partial charge is 0.496 e. The highest BCUT2D eigenvalue weighted by molar-refractivity contribution is 6.31. The lowest BCUT2D eigenvalue weighted by Gasteiger charge is -2.35. The molecule has 1 saturated heterocycles. The Labute approximate surface area is 134 Å². The van der Waals surface area contributed by atoms with Crippen molar-refractivity contribution in [3.05, 3.63) is 40.6 Å². The fourth-order valence-corrected chi connectivity index (χ4v) is 3.32. The summed E-state index contributed by atoms with van der Waals surface area (Å²) < 4.78 is 5.54. The predicted octanol–water partition coefficient (Wildman–Crippen LogP) is 3.14. The second-order valence-electron chi connectivity index (χ2n) is 5.89. The van der Waals surface area contributed by atoms with E-state index in [0.717, 1.165) is 47.9 Å². The van der Waals surface area contributed by atoms with Crippen LogP contribution < -0.4 is 4.90 Å². The van der Waals surface area contributed by atoms with Crippen LogP contribution in [0.4, 0.5) is 5.82 Å². The lowest BCUT2D eigenvalue weighted by molar-refractivity contribution is 0.234. The number of hydrogen-bond donors (Lipinski definition) is 0. The first-order valence-corrected chi connectivity index (χ1v) is 7.94. The molecule has 0 radical (unpaired) electrons. The minimum Gasteiger partial charge on any atom is -0.496 e. The van der Waals surface area contributed by atoms with Gasteiger partial charge in [0.1, 0.15) is 12.4 Å². The van der Waals surface area contributed by atoms with Crippen molar-refractivity contribution in [1.82, 2.24) is 9.88 Å². The Bertz CT molecular complexity index is 751.